The van der Waals surface area contributed by atoms with Crippen molar-refractivity contribution < 1.29 is 23.9 Å². The van der Waals surface area contributed by atoms with Gasteiger partial charge in [0.15, 0.2) is 6.10 Å². The molecule has 0 aliphatic carbocycles. The zero-order valence-electron chi connectivity index (χ0n) is 10.5. The van der Waals surface area contributed by atoms with Crippen LogP contribution < -0.4 is 5.43 Å². The average Bonchev–Trinajstić information content (AvgIpc) is 2.46. The van der Waals surface area contributed by atoms with Gasteiger partial charge in [-0.15, -0.1) is 0 Å². The summed E-state index contributed by atoms with van der Waals surface area (Å²) in [4.78, 5) is 36.0. The highest BCUT2D eigenvalue weighted by atomic mass is 16.6. The fourth-order valence-corrected chi connectivity index (χ4v) is 1.92. The molecule has 8 heteroatoms. The van der Waals surface area contributed by atoms with E-state index in [0.717, 1.165) is 0 Å². The lowest BCUT2D eigenvalue weighted by Gasteiger charge is -2.32. The molecule has 1 fully saturated rings. The number of hydrogen-bond acceptors (Lipinski definition) is 6. The van der Waals surface area contributed by atoms with E-state index in [0.29, 0.717) is 18.7 Å². The smallest absolute Gasteiger partial charge is 0.336 e. The topological polar surface area (TPSA) is 97.3 Å². The Morgan fingerprint density at radius 3 is 2.89 bits per heavy atom. The number of hydrazone groups is 1. The zero-order chi connectivity index (χ0) is 13.8. The Balaban J connectivity index is 1.99. The Bertz CT molecular complexity index is 434. The molecule has 0 aromatic heterocycles. The van der Waals surface area contributed by atoms with Crippen molar-refractivity contribution in [1.82, 2.24) is 10.3 Å². The Morgan fingerprint density at radius 1 is 1.47 bits per heavy atom. The highest BCUT2D eigenvalue weighted by Gasteiger charge is 2.32. The molecule has 2 aliphatic heterocycles. The first-order valence-electron chi connectivity index (χ1n) is 5.96. The fraction of sp³-hybridized carbons (Fsp3) is 0.636. The molecule has 104 valence electrons. The number of nitrogens with one attached hydrogen (secondary N) is 1. The Hall–Kier alpha value is -1.96. The third kappa shape index (κ3) is 3.08. The van der Waals surface area contributed by atoms with Crippen LogP contribution in [0.3, 0.4) is 0 Å². The van der Waals surface area contributed by atoms with E-state index in [2.05, 4.69) is 15.3 Å². The minimum atomic E-state index is -0.763. The van der Waals surface area contributed by atoms with Crippen LogP contribution in [0.1, 0.15) is 12.8 Å². The molecule has 0 saturated carbocycles. The number of hydrogen-bond donors (Lipinski definition) is 1. The van der Waals surface area contributed by atoms with Gasteiger partial charge < -0.3 is 14.4 Å². The molecule has 1 saturated heterocycles. The molecule has 2 amide bonds. The molecule has 2 aliphatic rings. The largest absolute Gasteiger partial charge is 0.467 e. The van der Waals surface area contributed by atoms with E-state index >= 15 is 0 Å². The summed E-state index contributed by atoms with van der Waals surface area (Å²) < 4.78 is 9.83. The number of carbonyl (C=O) groups is 3. The van der Waals surface area contributed by atoms with Crippen LogP contribution in [0.4, 0.5) is 0 Å². The third-order valence-electron chi connectivity index (χ3n) is 2.97. The van der Waals surface area contributed by atoms with Gasteiger partial charge >= 0.3 is 5.97 Å². The van der Waals surface area contributed by atoms with E-state index in [9.17, 15) is 14.4 Å². The zero-order valence-corrected chi connectivity index (χ0v) is 10.5. The van der Waals surface area contributed by atoms with Gasteiger partial charge in [-0.3, -0.25) is 9.59 Å². The lowest BCUT2D eigenvalue weighted by Crippen LogP contribution is -2.51. The molecule has 0 aromatic carbocycles. The number of amides is 2. The second kappa shape index (κ2) is 5.79. The van der Waals surface area contributed by atoms with Gasteiger partial charge in [0.2, 0.25) is 5.91 Å². The van der Waals surface area contributed by atoms with Gasteiger partial charge in [-0.1, -0.05) is 0 Å². The van der Waals surface area contributed by atoms with Crippen molar-refractivity contribution in [3.05, 3.63) is 0 Å². The van der Waals surface area contributed by atoms with Crippen molar-refractivity contribution in [2.75, 3.05) is 26.8 Å². The molecule has 1 N–H and O–H groups in total. The van der Waals surface area contributed by atoms with Gasteiger partial charge in [0.1, 0.15) is 5.71 Å². The van der Waals surface area contributed by atoms with Crippen molar-refractivity contribution in [2.24, 2.45) is 5.10 Å². The first-order valence-corrected chi connectivity index (χ1v) is 5.96. The van der Waals surface area contributed by atoms with Crippen LogP contribution in [0.5, 0.6) is 0 Å². The SMILES string of the molecule is COC(=O)C1CN(C(=O)C2=NNC(=O)CC2)CCO1. The van der Waals surface area contributed by atoms with Crippen molar-refractivity contribution in [3.8, 4) is 0 Å². The minimum absolute atomic E-state index is 0.137. The average molecular weight is 269 g/mol. The van der Waals surface area contributed by atoms with Crippen LogP contribution in [0.2, 0.25) is 0 Å². The number of esters is 1. The molecule has 2 heterocycles. The normalized spacial score (nSPS) is 23.4. The molecular formula is C11H15N3O5. The molecule has 0 spiro atoms. The monoisotopic (exact) mass is 269 g/mol. The molecule has 0 radical (unpaired) electrons. The van der Waals surface area contributed by atoms with Crippen LogP contribution in [-0.2, 0) is 23.9 Å². The van der Waals surface area contributed by atoms with Crippen molar-refractivity contribution in [1.29, 1.82) is 0 Å². The van der Waals surface area contributed by atoms with E-state index in [4.69, 9.17) is 4.74 Å². The van der Waals surface area contributed by atoms with E-state index in [1.165, 1.54) is 12.0 Å². The second-order valence-electron chi connectivity index (χ2n) is 4.23. The summed E-state index contributed by atoms with van der Waals surface area (Å²) in [6.07, 6.45) is -0.207. The highest BCUT2D eigenvalue weighted by molar-refractivity contribution is 6.39. The molecular weight excluding hydrogens is 254 g/mol. The first kappa shape index (κ1) is 13.5. The number of methoxy groups -OCH3 is 1. The van der Waals surface area contributed by atoms with Gasteiger partial charge in [-0.25, -0.2) is 10.2 Å². The number of rotatable bonds is 2. The Labute approximate surface area is 109 Å². The number of carbonyl (C=O) groups excluding carboxylic acids is 3. The highest BCUT2D eigenvalue weighted by Crippen LogP contribution is 2.10. The molecule has 2 rings (SSSR count). The van der Waals surface area contributed by atoms with Crippen LogP contribution in [0.15, 0.2) is 5.10 Å². The van der Waals surface area contributed by atoms with Crippen LogP contribution in [0, 0.1) is 0 Å². The molecule has 19 heavy (non-hydrogen) atoms. The molecule has 1 atom stereocenters. The summed E-state index contributed by atoms with van der Waals surface area (Å²) in [6.45, 7) is 0.795. The van der Waals surface area contributed by atoms with Crippen molar-refractivity contribution >= 4 is 23.5 Å². The lowest BCUT2D eigenvalue weighted by molar-refractivity contribution is -0.161. The minimum Gasteiger partial charge on any atom is -0.467 e. The number of morpholine rings is 1. The summed E-state index contributed by atoms with van der Waals surface area (Å²) in [5, 5.41) is 3.74. The number of ether oxygens (including phenoxy) is 2. The van der Waals surface area contributed by atoms with Gasteiger partial charge in [0.05, 0.1) is 20.3 Å². The molecule has 0 aromatic rings. The van der Waals surface area contributed by atoms with E-state index in [1.54, 1.807) is 0 Å². The quantitative estimate of drug-likeness (QED) is 0.625. The maximum atomic E-state index is 12.2. The summed E-state index contributed by atoms with van der Waals surface area (Å²) in [7, 11) is 1.27. The van der Waals surface area contributed by atoms with Crippen LogP contribution >= 0.6 is 0 Å². The van der Waals surface area contributed by atoms with E-state index in [-0.39, 0.29) is 31.4 Å². The number of nitrogens with zero attached hydrogens (tertiary/aromatic N) is 2. The lowest BCUT2D eigenvalue weighted by atomic mass is 10.1. The Morgan fingerprint density at radius 2 is 2.26 bits per heavy atom. The van der Waals surface area contributed by atoms with Crippen LogP contribution in [0.25, 0.3) is 0 Å². The fourth-order valence-electron chi connectivity index (χ4n) is 1.92. The van der Waals surface area contributed by atoms with E-state index in [1.807, 2.05) is 0 Å². The Kier molecular flexibility index (Phi) is 4.10. The van der Waals surface area contributed by atoms with Gasteiger partial charge in [0.25, 0.3) is 5.91 Å². The predicted octanol–water partition coefficient (Wildman–Crippen LogP) is -1.35. The van der Waals surface area contributed by atoms with Crippen LogP contribution in [-0.4, -0.2) is 61.3 Å². The standard InChI is InChI=1S/C11H15N3O5/c1-18-11(17)8-6-14(4-5-19-8)10(16)7-2-3-9(15)13-12-7/h8H,2-6H2,1H3,(H,13,15). The van der Waals surface area contributed by atoms with Crippen molar-refractivity contribution in [2.45, 2.75) is 18.9 Å². The molecule has 1 unspecified atom stereocenters. The summed E-state index contributed by atoms with van der Waals surface area (Å²) >= 11 is 0. The molecule has 0 bridgehead atoms. The third-order valence-corrected chi connectivity index (χ3v) is 2.97. The summed E-state index contributed by atoms with van der Waals surface area (Å²) in [5.41, 5.74) is 2.57. The van der Waals surface area contributed by atoms with Gasteiger partial charge in [-0.05, 0) is 0 Å². The maximum Gasteiger partial charge on any atom is 0.336 e. The van der Waals surface area contributed by atoms with E-state index < -0.39 is 12.1 Å². The molecule has 8 nitrogen and oxygen atoms in total. The summed E-state index contributed by atoms with van der Waals surface area (Å²) in [6, 6.07) is 0. The summed E-state index contributed by atoms with van der Waals surface area (Å²) in [5.74, 6) is -0.987. The second-order valence-corrected chi connectivity index (χ2v) is 4.23. The van der Waals surface area contributed by atoms with Crippen molar-refractivity contribution in [3.63, 3.8) is 0 Å². The van der Waals surface area contributed by atoms with Gasteiger partial charge in [0, 0.05) is 19.4 Å². The first-order chi connectivity index (χ1) is 9.11. The van der Waals surface area contributed by atoms with Gasteiger partial charge in [-0.2, -0.15) is 5.10 Å². The predicted molar refractivity (Wildman–Crippen MR) is 63.1 cm³/mol. The maximum absolute atomic E-state index is 12.2.